The van der Waals surface area contributed by atoms with Gasteiger partial charge < -0.3 is 138 Å². The molecule has 0 saturated carbocycles. The van der Waals surface area contributed by atoms with Crippen molar-refractivity contribution in [2.24, 2.45) is 22.9 Å². The number of rotatable bonds is 51. The summed E-state index contributed by atoms with van der Waals surface area (Å²) < 4.78 is 49.4. The Hall–Kier alpha value is -4.50. The molecule has 0 spiro atoms. The molecule has 0 aromatic heterocycles. The molecular formula is C61H116N10O23. The minimum absolute atomic E-state index is 0.111. The first-order valence-corrected chi connectivity index (χ1v) is 33.8. The third kappa shape index (κ3) is 35.7. The summed E-state index contributed by atoms with van der Waals surface area (Å²) in [7, 11) is 0. The Balaban J connectivity index is 1.26. The zero-order chi connectivity index (χ0) is 68.9. The molecule has 3 aliphatic rings. The second kappa shape index (κ2) is 49.9. The van der Waals surface area contributed by atoms with Gasteiger partial charge in [0.15, 0.2) is 18.9 Å². The Morgan fingerprint density at radius 2 is 0.691 bits per heavy atom. The monoisotopic (exact) mass is 1360 g/mol. The van der Waals surface area contributed by atoms with E-state index in [0.717, 1.165) is 57.8 Å². The lowest BCUT2D eigenvalue weighted by Gasteiger charge is -2.40. The number of amides is 6. The van der Waals surface area contributed by atoms with Crippen molar-refractivity contribution in [1.82, 2.24) is 31.9 Å². The van der Waals surface area contributed by atoms with Gasteiger partial charge in [0, 0.05) is 70.5 Å². The molecule has 94 heavy (non-hydrogen) atoms. The van der Waals surface area contributed by atoms with Gasteiger partial charge in [0.2, 0.25) is 17.7 Å². The van der Waals surface area contributed by atoms with Crippen molar-refractivity contribution in [1.29, 1.82) is 0 Å². The van der Waals surface area contributed by atoms with Crippen LogP contribution in [0.3, 0.4) is 0 Å². The number of unbranched alkanes of at least 4 members (excludes halogenated alkanes) is 9. The summed E-state index contributed by atoms with van der Waals surface area (Å²) in [5.74, 6) is -0.422. The number of aliphatic hydroxyl groups is 8. The summed E-state index contributed by atoms with van der Waals surface area (Å²) in [6.07, 6.45) is 0.765. The van der Waals surface area contributed by atoms with Crippen molar-refractivity contribution in [2.75, 3.05) is 98.7 Å². The van der Waals surface area contributed by atoms with Gasteiger partial charge >= 0.3 is 18.3 Å². The molecular weight excluding hydrogens is 1240 g/mol. The van der Waals surface area contributed by atoms with E-state index < -0.39 is 123 Å². The van der Waals surface area contributed by atoms with Crippen LogP contribution in [0.2, 0.25) is 0 Å². The summed E-state index contributed by atoms with van der Waals surface area (Å²) in [6.45, 7) is 2.21. The topological polar surface area (TPSA) is 524 Å². The highest BCUT2D eigenvalue weighted by Crippen LogP contribution is 2.25. The number of carbonyl (C=O) groups excluding carboxylic acids is 6. The molecule has 6 amide bonds. The Morgan fingerprint density at radius 3 is 1.00 bits per heavy atom. The molecule has 33 heteroatoms. The predicted octanol–water partition coefficient (Wildman–Crippen LogP) is -2.05. The fourth-order valence-corrected chi connectivity index (χ4v) is 10.6. The highest BCUT2D eigenvalue weighted by atomic mass is 16.7. The fraction of sp³-hybridized carbons (Fsp3) is 0.902. The van der Waals surface area contributed by atoms with E-state index in [1.54, 1.807) is 0 Å². The largest absolute Gasteiger partial charge is 0.450 e. The molecule has 0 radical (unpaired) electrons. The van der Waals surface area contributed by atoms with Crippen molar-refractivity contribution in [2.45, 2.75) is 252 Å². The number of hydrogen-bond acceptors (Lipinski definition) is 27. The molecule has 0 bridgehead atoms. The number of ether oxygens (including phenoxy) is 9. The molecule has 0 aliphatic carbocycles. The number of hydrogen-bond donors (Lipinski definition) is 18. The van der Waals surface area contributed by atoms with E-state index in [-0.39, 0.29) is 89.7 Å². The Bertz CT molecular complexity index is 1970. The van der Waals surface area contributed by atoms with Crippen molar-refractivity contribution in [3.05, 3.63) is 0 Å². The Kier molecular flexibility index (Phi) is 44.5. The maximum atomic E-state index is 12.5. The normalized spacial score (nSPS) is 25.9. The average Bonchev–Trinajstić information content (AvgIpc) is 0.870. The molecule has 0 aromatic carbocycles. The molecule has 3 rings (SSSR count). The lowest BCUT2D eigenvalue weighted by molar-refractivity contribution is -0.265. The molecule has 22 N–H and O–H groups in total. The predicted molar refractivity (Wildman–Crippen MR) is 338 cm³/mol. The molecule has 3 aliphatic heterocycles. The maximum absolute atomic E-state index is 12.5. The van der Waals surface area contributed by atoms with Crippen molar-refractivity contribution in [3.63, 3.8) is 0 Å². The lowest BCUT2D eigenvalue weighted by atomic mass is 9.85. The van der Waals surface area contributed by atoms with Crippen LogP contribution >= 0.6 is 0 Å². The van der Waals surface area contributed by atoms with Crippen LogP contribution in [0, 0.1) is 0 Å². The second-order valence-electron chi connectivity index (χ2n) is 24.3. The third-order valence-electron chi connectivity index (χ3n) is 16.4. The maximum Gasteiger partial charge on any atom is 0.407 e. The quantitative estimate of drug-likeness (QED) is 0.0230. The standard InChI is InChI=1S/C61H116N10O23/c62-48-42(75)37-41(38-72)92-55(48)86-31-13-19-45(76)66-25-7-1-4-10-28-69-58(83)89-34-16-22-61(65,23-17-35-90-59(84)70-29-11-5-2-8-26-67-46(77)20-14-32-87-56-49(63)53(81)51(79)43(39-73)93-56)24-18-36-91-60(85)71-30-12-6-3-9-27-68-47(78)21-15-33-88-57-50(64)54(82)52(80)44(40-74)94-57/h41-44,48-57,72-75,79-82H,1-40,62-65H2,(H,66,76)(H,67,77)(H,68,78)(H,69,83)(H,70,84)(H,71,85). The van der Waals surface area contributed by atoms with E-state index in [0.29, 0.717) is 116 Å². The van der Waals surface area contributed by atoms with Crippen LogP contribution in [-0.2, 0) is 57.0 Å². The molecule has 0 aromatic rings. The number of nitrogens with two attached hydrogens (primary N) is 4. The van der Waals surface area contributed by atoms with Crippen LogP contribution in [0.15, 0.2) is 0 Å². The van der Waals surface area contributed by atoms with Crippen LogP contribution < -0.4 is 54.8 Å². The zero-order valence-electron chi connectivity index (χ0n) is 54.9. The fourth-order valence-electron chi connectivity index (χ4n) is 10.6. The van der Waals surface area contributed by atoms with E-state index in [9.17, 15) is 69.6 Å². The molecule has 3 heterocycles. The van der Waals surface area contributed by atoms with E-state index in [4.69, 9.17) is 65.6 Å². The summed E-state index contributed by atoms with van der Waals surface area (Å²) in [4.78, 5) is 74.4. The second-order valence-corrected chi connectivity index (χ2v) is 24.3. The number of aliphatic hydroxyl groups excluding tert-OH is 8. The van der Waals surface area contributed by atoms with Crippen LogP contribution in [0.25, 0.3) is 0 Å². The van der Waals surface area contributed by atoms with E-state index in [2.05, 4.69) is 31.9 Å². The Labute approximate surface area is 552 Å². The molecule has 14 atom stereocenters. The van der Waals surface area contributed by atoms with Crippen LogP contribution in [0.4, 0.5) is 14.4 Å². The number of alkyl carbamates (subject to hydrolysis) is 3. The SMILES string of the molecule is NC1C(O)CC(CO)OC1OCCCC(=O)NCCCCCCNC(=O)OCCCC(N)(CCCOC(=O)NCCCCCCNC(=O)CCCOC1OC(CO)C(O)C(O)C1N)CCCOC(=O)NCCCCCCNC(=O)CCCOC1OC(CO)C(O)C(O)C1N. The number of nitrogens with one attached hydrogen (secondary N) is 6. The van der Waals surface area contributed by atoms with Gasteiger partial charge in [0.05, 0.1) is 89.8 Å². The zero-order valence-corrected chi connectivity index (χ0v) is 54.9. The first-order valence-electron chi connectivity index (χ1n) is 33.8. The van der Waals surface area contributed by atoms with Gasteiger partial charge in [-0.05, 0) is 96.3 Å². The molecule has 33 nitrogen and oxygen atoms in total. The lowest BCUT2D eigenvalue weighted by Crippen LogP contribution is -2.62. The summed E-state index contributed by atoms with van der Waals surface area (Å²) in [5, 5.41) is 95.0. The highest BCUT2D eigenvalue weighted by molar-refractivity contribution is 5.76. The average molecular weight is 1360 g/mol. The van der Waals surface area contributed by atoms with Gasteiger partial charge in [-0.2, -0.15) is 0 Å². The molecule has 3 fully saturated rings. The first kappa shape index (κ1) is 83.7. The van der Waals surface area contributed by atoms with Crippen molar-refractivity contribution in [3.8, 4) is 0 Å². The highest BCUT2D eigenvalue weighted by Gasteiger charge is 2.44. The van der Waals surface area contributed by atoms with Gasteiger partial charge in [-0.1, -0.05) is 38.5 Å². The van der Waals surface area contributed by atoms with E-state index >= 15 is 0 Å². The molecule has 3 saturated heterocycles. The van der Waals surface area contributed by atoms with Gasteiger partial charge in [0.1, 0.15) is 36.6 Å². The van der Waals surface area contributed by atoms with Crippen LogP contribution in [0.5, 0.6) is 0 Å². The minimum Gasteiger partial charge on any atom is -0.450 e. The number of carbonyl (C=O) groups is 6. The van der Waals surface area contributed by atoms with Gasteiger partial charge in [-0.25, -0.2) is 14.4 Å². The van der Waals surface area contributed by atoms with Crippen LogP contribution in [0.1, 0.15) is 161 Å². The van der Waals surface area contributed by atoms with E-state index in [1.807, 2.05) is 0 Å². The van der Waals surface area contributed by atoms with Gasteiger partial charge in [-0.15, -0.1) is 0 Å². The van der Waals surface area contributed by atoms with Crippen molar-refractivity contribution < 1.29 is 112 Å². The first-order chi connectivity index (χ1) is 45.2. The summed E-state index contributed by atoms with van der Waals surface area (Å²) >= 11 is 0. The minimum atomic E-state index is -1.33. The third-order valence-corrected chi connectivity index (χ3v) is 16.4. The van der Waals surface area contributed by atoms with Gasteiger partial charge in [-0.3, -0.25) is 14.4 Å². The van der Waals surface area contributed by atoms with Crippen molar-refractivity contribution >= 4 is 36.0 Å². The smallest absolute Gasteiger partial charge is 0.407 e. The Morgan fingerprint density at radius 1 is 0.383 bits per heavy atom. The van der Waals surface area contributed by atoms with Crippen LogP contribution in [-0.4, -0.2) is 267 Å². The summed E-state index contributed by atoms with van der Waals surface area (Å²) in [5.41, 5.74) is 23.9. The van der Waals surface area contributed by atoms with E-state index in [1.165, 1.54) is 0 Å². The molecule has 14 unspecified atom stereocenters. The molecule has 548 valence electrons. The summed E-state index contributed by atoms with van der Waals surface area (Å²) in [6, 6.07) is -2.76. The van der Waals surface area contributed by atoms with Gasteiger partial charge in [0.25, 0.3) is 0 Å².